The van der Waals surface area contributed by atoms with E-state index in [0.29, 0.717) is 5.56 Å². The summed E-state index contributed by atoms with van der Waals surface area (Å²) < 4.78 is 44.8. The van der Waals surface area contributed by atoms with E-state index in [0.717, 1.165) is 11.6 Å². The van der Waals surface area contributed by atoms with Gasteiger partial charge in [0.05, 0.1) is 11.1 Å². The van der Waals surface area contributed by atoms with Crippen LogP contribution in [0.15, 0.2) is 42.0 Å². The van der Waals surface area contributed by atoms with Crippen molar-refractivity contribution in [3.8, 4) is 17.6 Å². The summed E-state index contributed by atoms with van der Waals surface area (Å²) in [4.78, 5) is 11.2. The Morgan fingerprint density at radius 1 is 1.19 bits per heavy atom. The third-order valence-electron chi connectivity index (χ3n) is 3.85. The SMILES string of the molecule is Cc1ccc(C#Cc2cc(Cl)cc3c2OC(C(F)(F)F)C(C(=O)O)=C3)cc1. The Hall–Kier alpha value is -2.91. The molecule has 138 valence electrons. The highest BCUT2D eigenvalue weighted by molar-refractivity contribution is 6.31. The first-order valence-corrected chi connectivity index (χ1v) is 8.13. The largest absolute Gasteiger partial charge is 0.478 e. The van der Waals surface area contributed by atoms with Crippen LogP contribution in [0.5, 0.6) is 5.75 Å². The second-order valence-electron chi connectivity index (χ2n) is 5.93. The Bertz CT molecular complexity index is 996. The van der Waals surface area contributed by atoms with E-state index >= 15 is 0 Å². The molecule has 7 heteroatoms. The van der Waals surface area contributed by atoms with Gasteiger partial charge in [-0.1, -0.05) is 41.1 Å². The smallest absolute Gasteiger partial charge is 0.430 e. The van der Waals surface area contributed by atoms with Crippen molar-refractivity contribution in [2.45, 2.75) is 19.2 Å². The molecule has 1 heterocycles. The number of carbonyl (C=O) groups is 1. The van der Waals surface area contributed by atoms with Crippen molar-refractivity contribution in [1.82, 2.24) is 0 Å². The second kappa shape index (κ2) is 7.01. The molecule has 0 bridgehead atoms. The van der Waals surface area contributed by atoms with Gasteiger partial charge in [0, 0.05) is 16.1 Å². The molecule has 0 saturated heterocycles. The quantitative estimate of drug-likeness (QED) is 0.706. The second-order valence-corrected chi connectivity index (χ2v) is 6.37. The molecule has 0 radical (unpaired) electrons. The summed E-state index contributed by atoms with van der Waals surface area (Å²) in [5.74, 6) is 3.75. The minimum Gasteiger partial charge on any atom is -0.478 e. The summed E-state index contributed by atoms with van der Waals surface area (Å²) in [5, 5.41) is 9.31. The summed E-state index contributed by atoms with van der Waals surface area (Å²) in [6.45, 7) is 1.92. The fraction of sp³-hybridized carbons (Fsp3) is 0.150. The summed E-state index contributed by atoms with van der Waals surface area (Å²) in [7, 11) is 0. The Labute approximate surface area is 158 Å². The van der Waals surface area contributed by atoms with E-state index in [1.807, 2.05) is 19.1 Å². The topological polar surface area (TPSA) is 46.5 Å². The normalized spacial score (nSPS) is 15.7. The number of hydrogen-bond donors (Lipinski definition) is 1. The fourth-order valence-corrected chi connectivity index (χ4v) is 2.79. The standard InChI is InChI=1S/C20H12ClF3O3/c1-11-2-4-12(5-3-11)6-7-13-8-15(21)9-14-10-16(19(25)26)18(20(22,23)24)27-17(13)14/h2-5,8-10,18H,1H3,(H,25,26). The molecular weight excluding hydrogens is 381 g/mol. The van der Waals surface area contributed by atoms with Gasteiger partial charge in [0.2, 0.25) is 6.10 Å². The molecule has 0 saturated carbocycles. The van der Waals surface area contributed by atoms with Crippen molar-refractivity contribution in [2.24, 2.45) is 0 Å². The summed E-state index contributed by atoms with van der Waals surface area (Å²) in [5.41, 5.74) is 1.08. The van der Waals surface area contributed by atoms with Crippen LogP contribution in [-0.4, -0.2) is 23.4 Å². The maximum absolute atomic E-state index is 13.3. The minimum absolute atomic E-state index is 0.133. The van der Waals surface area contributed by atoms with Crippen LogP contribution in [0, 0.1) is 18.8 Å². The number of aliphatic carboxylic acids is 1. The number of aryl methyl sites for hydroxylation is 1. The van der Waals surface area contributed by atoms with Gasteiger partial charge in [-0.25, -0.2) is 4.79 Å². The van der Waals surface area contributed by atoms with Crippen molar-refractivity contribution in [1.29, 1.82) is 0 Å². The van der Waals surface area contributed by atoms with Crippen molar-refractivity contribution in [3.63, 3.8) is 0 Å². The van der Waals surface area contributed by atoms with Gasteiger partial charge < -0.3 is 9.84 Å². The van der Waals surface area contributed by atoms with Crippen LogP contribution in [0.1, 0.15) is 22.3 Å². The Morgan fingerprint density at radius 2 is 1.85 bits per heavy atom. The van der Waals surface area contributed by atoms with E-state index in [9.17, 15) is 18.0 Å². The van der Waals surface area contributed by atoms with Crippen LogP contribution in [0.4, 0.5) is 13.2 Å². The lowest BCUT2D eigenvalue weighted by molar-refractivity contribution is -0.187. The average molecular weight is 393 g/mol. The predicted molar refractivity (Wildman–Crippen MR) is 94.7 cm³/mol. The third-order valence-corrected chi connectivity index (χ3v) is 4.07. The van der Waals surface area contributed by atoms with Gasteiger partial charge in [-0.05, 0) is 37.3 Å². The van der Waals surface area contributed by atoms with Crippen LogP contribution in [0.25, 0.3) is 6.08 Å². The number of halogens is 4. The molecule has 1 aliphatic heterocycles. The monoisotopic (exact) mass is 392 g/mol. The molecule has 0 amide bonds. The number of carboxylic acids is 1. The number of fused-ring (bicyclic) bond motifs is 1. The van der Waals surface area contributed by atoms with Crippen LogP contribution in [0.2, 0.25) is 5.02 Å². The minimum atomic E-state index is -4.89. The molecule has 1 unspecified atom stereocenters. The highest BCUT2D eigenvalue weighted by Gasteiger charge is 2.48. The molecule has 0 spiro atoms. The van der Waals surface area contributed by atoms with E-state index in [1.165, 1.54) is 12.1 Å². The lowest BCUT2D eigenvalue weighted by Gasteiger charge is -2.27. The van der Waals surface area contributed by atoms with E-state index in [2.05, 4.69) is 11.8 Å². The molecule has 2 aromatic carbocycles. The first kappa shape index (κ1) is 18.9. The van der Waals surface area contributed by atoms with E-state index < -0.39 is 23.8 Å². The van der Waals surface area contributed by atoms with Crippen LogP contribution >= 0.6 is 11.6 Å². The van der Waals surface area contributed by atoms with Gasteiger partial charge in [-0.15, -0.1) is 0 Å². The van der Waals surface area contributed by atoms with Crippen molar-refractivity contribution >= 4 is 23.6 Å². The fourth-order valence-electron chi connectivity index (χ4n) is 2.56. The maximum atomic E-state index is 13.3. The zero-order chi connectivity index (χ0) is 19.8. The average Bonchev–Trinajstić information content (AvgIpc) is 2.58. The zero-order valence-corrected chi connectivity index (χ0v) is 14.7. The van der Waals surface area contributed by atoms with E-state index in [1.54, 1.807) is 12.1 Å². The molecule has 0 aromatic heterocycles. The zero-order valence-electron chi connectivity index (χ0n) is 13.9. The molecule has 1 aliphatic rings. The van der Waals surface area contributed by atoms with Gasteiger partial charge in [-0.3, -0.25) is 0 Å². The number of alkyl halides is 3. The van der Waals surface area contributed by atoms with Crippen molar-refractivity contribution < 1.29 is 27.8 Å². The van der Waals surface area contributed by atoms with Gasteiger partial charge in [0.15, 0.2) is 0 Å². The number of benzene rings is 2. The van der Waals surface area contributed by atoms with Crippen LogP contribution < -0.4 is 4.74 Å². The van der Waals surface area contributed by atoms with Crippen molar-refractivity contribution in [3.05, 3.63) is 69.2 Å². The number of carboxylic acid groups (broad SMARTS) is 1. The summed E-state index contributed by atoms with van der Waals surface area (Å²) >= 11 is 6.02. The molecule has 0 fully saturated rings. The van der Waals surface area contributed by atoms with E-state index in [-0.39, 0.29) is 21.9 Å². The maximum Gasteiger partial charge on any atom is 0.430 e. The van der Waals surface area contributed by atoms with E-state index in [4.69, 9.17) is 21.4 Å². The molecule has 27 heavy (non-hydrogen) atoms. The van der Waals surface area contributed by atoms with Gasteiger partial charge in [0.1, 0.15) is 5.75 Å². The molecule has 3 rings (SSSR count). The lowest BCUT2D eigenvalue weighted by Crippen LogP contribution is -2.40. The molecule has 1 N–H and O–H groups in total. The molecule has 0 aliphatic carbocycles. The molecule has 3 nitrogen and oxygen atoms in total. The van der Waals surface area contributed by atoms with Crippen LogP contribution in [0.3, 0.4) is 0 Å². The van der Waals surface area contributed by atoms with Crippen molar-refractivity contribution in [2.75, 3.05) is 0 Å². The number of hydrogen-bond acceptors (Lipinski definition) is 2. The van der Waals surface area contributed by atoms with Gasteiger partial charge in [0.25, 0.3) is 0 Å². The molecular formula is C20H12ClF3O3. The Kier molecular flexibility index (Phi) is 4.90. The first-order valence-electron chi connectivity index (χ1n) is 7.75. The highest BCUT2D eigenvalue weighted by atomic mass is 35.5. The third kappa shape index (κ3) is 4.09. The van der Waals surface area contributed by atoms with Crippen LogP contribution in [-0.2, 0) is 4.79 Å². The highest BCUT2D eigenvalue weighted by Crippen LogP contribution is 2.40. The number of rotatable bonds is 1. The Morgan fingerprint density at radius 3 is 2.44 bits per heavy atom. The molecule has 1 atom stereocenters. The summed E-state index contributed by atoms with van der Waals surface area (Å²) in [6.07, 6.45) is -6.55. The molecule has 2 aromatic rings. The van der Waals surface area contributed by atoms with Gasteiger partial charge >= 0.3 is 12.1 Å². The Balaban J connectivity index is 2.11. The van der Waals surface area contributed by atoms with Gasteiger partial charge in [-0.2, -0.15) is 13.2 Å². The lowest BCUT2D eigenvalue weighted by atomic mass is 9.98. The first-order chi connectivity index (χ1) is 12.6. The predicted octanol–water partition coefficient (Wildman–Crippen LogP) is 4.84. The summed E-state index contributed by atoms with van der Waals surface area (Å²) in [6, 6.07) is 9.99. The number of ether oxygens (including phenoxy) is 1.